The second kappa shape index (κ2) is 4.97. The first-order valence-corrected chi connectivity index (χ1v) is 6.03. The number of nitrogens with one attached hydrogen (secondary N) is 1. The summed E-state index contributed by atoms with van der Waals surface area (Å²) in [5.41, 5.74) is 2.28. The molecule has 0 aromatic carbocycles. The fourth-order valence-electron chi connectivity index (χ4n) is 2.04. The molecule has 0 saturated carbocycles. The van der Waals surface area contributed by atoms with Gasteiger partial charge in [0.15, 0.2) is 0 Å². The fraction of sp³-hybridized carbons (Fsp3) is 0. The lowest BCUT2D eigenvalue weighted by molar-refractivity contribution is -0.130. The zero-order valence-electron chi connectivity index (χ0n) is 10.4. The monoisotopic (exact) mass is 265 g/mol. The highest BCUT2D eigenvalue weighted by atomic mass is 16.4. The van der Waals surface area contributed by atoms with Crippen molar-refractivity contribution in [3.8, 4) is 0 Å². The number of carboxylic acid groups (broad SMARTS) is 1. The van der Waals surface area contributed by atoms with Crippen LogP contribution < -0.4 is 0 Å². The fourth-order valence-corrected chi connectivity index (χ4v) is 2.04. The Morgan fingerprint density at radius 3 is 2.85 bits per heavy atom. The van der Waals surface area contributed by atoms with E-state index in [4.69, 9.17) is 0 Å². The van der Waals surface area contributed by atoms with Gasteiger partial charge in [0.25, 0.3) is 0 Å². The van der Waals surface area contributed by atoms with Crippen molar-refractivity contribution in [3.05, 3.63) is 60.2 Å². The van der Waals surface area contributed by atoms with Crippen LogP contribution in [0.5, 0.6) is 0 Å². The molecule has 0 fully saturated rings. The van der Waals surface area contributed by atoms with Gasteiger partial charge in [-0.25, -0.2) is 9.78 Å². The number of fused-ring (bicyclic) bond motifs is 1. The second-order valence-electron chi connectivity index (χ2n) is 4.25. The highest BCUT2D eigenvalue weighted by Gasteiger charge is 2.12. The third-order valence-electron chi connectivity index (χ3n) is 2.99. The predicted octanol–water partition coefficient (Wildman–Crippen LogP) is 2.58. The molecule has 0 aliphatic carbocycles. The van der Waals surface area contributed by atoms with Crippen LogP contribution in [0.1, 0.15) is 11.1 Å². The Morgan fingerprint density at radius 1 is 1.25 bits per heavy atom. The quantitative estimate of drug-likeness (QED) is 0.713. The number of hydrogen-bond donors (Lipinski definition) is 2. The number of hydrogen-bond acceptors (Lipinski definition) is 3. The minimum atomic E-state index is -0.990. The Kier molecular flexibility index (Phi) is 3.01. The molecule has 0 unspecified atom stereocenters. The molecule has 0 bridgehead atoms. The first-order valence-electron chi connectivity index (χ1n) is 6.03. The summed E-state index contributed by atoms with van der Waals surface area (Å²) >= 11 is 0. The first-order chi connectivity index (χ1) is 9.75. The van der Waals surface area contributed by atoms with Gasteiger partial charge in [-0.1, -0.05) is 6.07 Å². The molecule has 5 heteroatoms. The van der Waals surface area contributed by atoms with Crippen LogP contribution in [0, 0.1) is 0 Å². The van der Waals surface area contributed by atoms with E-state index in [0.717, 1.165) is 16.6 Å². The molecule has 0 saturated heterocycles. The Hall–Kier alpha value is -2.95. The molecule has 2 N–H and O–H groups in total. The minimum absolute atomic E-state index is 0.197. The van der Waals surface area contributed by atoms with E-state index in [1.807, 2.05) is 12.1 Å². The number of rotatable bonds is 3. The normalized spacial score (nSPS) is 11.7. The molecule has 5 nitrogen and oxygen atoms in total. The molecule has 0 aliphatic rings. The number of H-pyrrole nitrogens is 1. The van der Waals surface area contributed by atoms with Gasteiger partial charge < -0.3 is 10.1 Å². The topological polar surface area (TPSA) is 78.9 Å². The average molecular weight is 265 g/mol. The Bertz CT molecular complexity index is 791. The van der Waals surface area contributed by atoms with Crippen LogP contribution in [0.25, 0.3) is 22.7 Å². The minimum Gasteiger partial charge on any atom is -0.478 e. The maximum absolute atomic E-state index is 11.4. The molecular formula is C15H11N3O2. The van der Waals surface area contributed by atoms with Gasteiger partial charge in [0.2, 0.25) is 0 Å². The lowest BCUT2D eigenvalue weighted by Crippen LogP contribution is -1.99. The van der Waals surface area contributed by atoms with Crippen LogP contribution >= 0.6 is 0 Å². The summed E-state index contributed by atoms with van der Waals surface area (Å²) in [6, 6.07) is 7.15. The smallest absolute Gasteiger partial charge is 0.336 e. The van der Waals surface area contributed by atoms with E-state index in [1.165, 1.54) is 6.20 Å². The molecule has 3 aromatic rings. The summed E-state index contributed by atoms with van der Waals surface area (Å²) < 4.78 is 0. The summed E-state index contributed by atoms with van der Waals surface area (Å²) in [6.45, 7) is 0. The number of pyridine rings is 2. The number of carboxylic acids is 1. The first kappa shape index (κ1) is 12.1. The van der Waals surface area contributed by atoms with E-state index in [9.17, 15) is 9.90 Å². The Labute approximate surface area is 114 Å². The maximum atomic E-state index is 11.4. The SMILES string of the molecule is O=C(O)C(=Cc1c[nH]c2ncccc12)c1cccnc1. The highest BCUT2D eigenvalue weighted by Crippen LogP contribution is 2.22. The summed E-state index contributed by atoms with van der Waals surface area (Å²) in [7, 11) is 0. The van der Waals surface area contributed by atoms with Crippen molar-refractivity contribution in [3.63, 3.8) is 0 Å². The van der Waals surface area contributed by atoms with E-state index in [1.54, 1.807) is 36.8 Å². The van der Waals surface area contributed by atoms with Crippen LogP contribution in [-0.4, -0.2) is 26.0 Å². The molecule has 0 amide bonds. The molecular weight excluding hydrogens is 254 g/mol. The van der Waals surface area contributed by atoms with Crippen molar-refractivity contribution in [2.45, 2.75) is 0 Å². The Balaban J connectivity index is 2.15. The molecule has 0 radical (unpaired) electrons. The number of nitrogens with zero attached hydrogens (tertiary/aromatic N) is 2. The molecule has 3 rings (SSSR count). The van der Waals surface area contributed by atoms with Gasteiger partial charge >= 0.3 is 5.97 Å². The van der Waals surface area contributed by atoms with Crippen LogP contribution in [0.2, 0.25) is 0 Å². The van der Waals surface area contributed by atoms with Crippen molar-refractivity contribution in [1.29, 1.82) is 0 Å². The van der Waals surface area contributed by atoms with Gasteiger partial charge in [-0.05, 0) is 24.3 Å². The molecule has 0 spiro atoms. The zero-order valence-corrected chi connectivity index (χ0v) is 10.4. The molecule has 98 valence electrons. The number of carbonyl (C=O) groups is 1. The van der Waals surface area contributed by atoms with Crippen molar-refractivity contribution in [1.82, 2.24) is 15.0 Å². The standard InChI is InChI=1S/C15H11N3O2/c19-15(20)13(10-3-1-5-16-8-10)7-11-9-18-14-12(11)4-2-6-17-14/h1-9H,(H,17,18)(H,19,20). The third kappa shape index (κ3) is 2.16. The van der Waals surface area contributed by atoms with Gasteiger partial charge in [-0.2, -0.15) is 0 Å². The highest BCUT2D eigenvalue weighted by molar-refractivity contribution is 6.21. The van der Waals surface area contributed by atoms with E-state index >= 15 is 0 Å². The lowest BCUT2D eigenvalue weighted by atomic mass is 10.0. The van der Waals surface area contributed by atoms with Crippen molar-refractivity contribution in [2.75, 3.05) is 0 Å². The molecule has 0 aliphatic heterocycles. The van der Waals surface area contributed by atoms with Gasteiger partial charge in [0.05, 0.1) is 5.57 Å². The van der Waals surface area contributed by atoms with Crippen LogP contribution in [0.4, 0.5) is 0 Å². The summed E-state index contributed by atoms with van der Waals surface area (Å²) in [5.74, 6) is -0.990. The molecule has 20 heavy (non-hydrogen) atoms. The molecule has 0 atom stereocenters. The van der Waals surface area contributed by atoms with Crippen LogP contribution in [0.15, 0.2) is 49.1 Å². The van der Waals surface area contributed by atoms with Crippen molar-refractivity contribution >= 4 is 28.7 Å². The summed E-state index contributed by atoms with van der Waals surface area (Å²) in [6.07, 6.45) is 8.20. The lowest BCUT2D eigenvalue weighted by Gasteiger charge is -2.01. The van der Waals surface area contributed by atoms with Gasteiger partial charge in [-0.15, -0.1) is 0 Å². The molecule has 3 heterocycles. The van der Waals surface area contributed by atoms with Crippen LogP contribution in [0.3, 0.4) is 0 Å². The van der Waals surface area contributed by atoms with Gasteiger partial charge in [0, 0.05) is 41.3 Å². The van der Waals surface area contributed by atoms with Crippen LogP contribution in [-0.2, 0) is 4.79 Å². The average Bonchev–Trinajstić information content (AvgIpc) is 2.88. The third-order valence-corrected chi connectivity index (χ3v) is 2.99. The van der Waals surface area contributed by atoms with E-state index in [0.29, 0.717) is 5.56 Å². The number of aromatic nitrogens is 3. The van der Waals surface area contributed by atoms with Gasteiger partial charge in [0.1, 0.15) is 5.65 Å². The summed E-state index contributed by atoms with van der Waals surface area (Å²) in [4.78, 5) is 22.6. The maximum Gasteiger partial charge on any atom is 0.336 e. The van der Waals surface area contributed by atoms with E-state index in [-0.39, 0.29) is 5.57 Å². The second-order valence-corrected chi connectivity index (χ2v) is 4.25. The number of aromatic amines is 1. The van der Waals surface area contributed by atoms with Gasteiger partial charge in [-0.3, -0.25) is 4.98 Å². The van der Waals surface area contributed by atoms with Crippen molar-refractivity contribution < 1.29 is 9.90 Å². The predicted molar refractivity (Wildman–Crippen MR) is 75.8 cm³/mol. The van der Waals surface area contributed by atoms with E-state index < -0.39 is 5.97 Å². The van der Waals surface area contributed by atoms with E-state index in [2.05, 4.69) is 15.0 Å². The zero-order chi connectivity index (χ0) is 13.9. The molecule has 3 aromatic heterocycles. The number of aliphatic carboxylic acids is 1. The Morgan fingerprint density at radius 2 is 2.10 bits per heavy atom. The summed E-state index contributed by atoms with van der Waals surface area (Å²) in [5, 5.41) is 10.3. The van der Waals surface area contributed by atoms with Crippen molar-refractivity contribution in [2.24, 2.45) is 0 Å². The largest absolute Gasteiger partial charge is 0.478 e.